The molecule has 2 heteroatoms. The van der Waals surface area contributed by atoms with Crippen LogP contribution < -0.4 is 0 Å². The minimum Gasteiger partial charge on any atom is -0.361 e. The number of H-pyrrole nitrogens is 1. The average Bonchev–Trinajstić information content (AvgIpc) is 2.61. The van der Waals surface area contributed by atoms with E-state index in [1.807, 2.05) is 18.2 Å². The molecule has 1 aromatic carbocycles. The van der Waals surface area contributed by atoms with E-state index in [-0.39, 0.29) is 0 Å². The molecule has 0 aliphatic carbocycles. The van der Waals surface area contributed by atoms with Crippen LogP contribution in [-0.4, -0.2) is 4.98 Å². The van der Waals surface area contributed by atoms with Gasteiger partial charge in [0.05, 0.1) is 0 Å². The fraction of sp³-hybridized carbons (Fsp3) is 0.385. The first-order chi connectivity index (χ1) is 7.20. The topological polar surface area (TPSA) is 15.8 Å². The molecule has 2 aromatic rings. The van der Waals surface area contributed by atoms with Crippen LogP contribution in [-0.2, 0) is 6.42 Å². The van der Waals surface area contributed by atoms with Gasteiger partial charge in [-0.05, 0) is 36.1 Å². The van der Waals surface area contributed by atoms with E-state index in [2.05, 4.69) is 25.0 Å². The molecule has 0 saturated carbocycles. The predicted molar refractivity (Wildman–Crippen MR) is 66.5 cm³/mol. The molecule has 1 N–H and O–H groups in total. The normalized spacial score (nSPS) is 13.3. The summed E-state index contributed by atoms with van der Waals surface area (Å²) in [7, 11) is 0. The van der Waals surface area contributed by atoms with Gasteiger partial charge in [-0.25, -0.2) is 0 Å². The fourth-order valence-electron chi connectivity index (χ4n) is 1.84. The number of rotatable bonds is 3. The van der Waals surface area contributed by atoms with Crippen molar-refractivity contribution in [3.8, 4) is 0 Å². The second kappa shape index (κ2) is 4.28. The van der Waals surface area contributed by atoms with Gasteiger partial charge < -0.3 is 4.98 Å². The van der Waals surface area contributed by atoms with Crippen LogP contribution in [0.4, 0.5) is 0 Å². The van der Waals surface area contributed by atoms with Crippen molar-refractivity contribution in [1.82, 2.24) is 4.98 Å². The van der Waals surface area contributed by atoms with Gasteiger partial charge in [0.15, 0.2) is 0 Å². The number of nitrogens with one attached hydrogen (secondary N) is 1. The zero-order valence-electron chi connectivity index (χ0n) is 9.18. The van der Waals surface area contributed by atoms with Gasteiger partial charge in [-0.1, -0.05) is 31.9 Å². The highest BCUT2D eigenvalue weighted by atomic mass is 35.5. The van der Waals surface area contributed by atoms with Crippen molar-refractivity contribution in [3.63, 3.8) is 0 Å². The number of hydrogen-bond donors (Lipinski definition) is 1. The third-order valence-electron chi connectivity index (χ3n) is 2.99. The molecule has 2 rings (SSSR count). The molecular weight excluding hydrogens is 206 g/mol. The van der Waals surface area contributed by atoms with Crippen LogP contribution in [0.3, 0.4) is 0 Å². The van der Waals surface area contributed by atoms with Crippen molar-refractivity contribution < 1.29 is 0 Å². The lowest BCUT2D eigenvalue weighted by Crippen LogP contribution is -1.96. The van der Waals surface area contributed by atoms with E-state index >= 15 is 0 Å². The maximum absolute atomic E-state index is 6.00. The maximum Gasteiger partial charge on any atom is 0.0457 e. The van der Waals surface area contributed by atoms with Gasteiger partial charge >= 0.3 is 0 Å². The van der Waals surface area contributed by atoms with Gasteiger partial charge in [-0.3, -0.25) is 0 Å². The molecule has 0 fully saturated rings. The van der Waals surface area contributed by atoms with Crippen LogP contribution in [0.1, 0.15) is 25.8 Å². The molecule has 1 heterocycles. The number of hydrogen-bond acceptors (Lipinski definition) is 0. The Morgan fingerprint density at radius 1 is 1.40 bits per heavy atom. The maximum atomic E-state index is 6.00. The highest BCUT2D eigenvalue weighted by molar-refractivity contribution is 6.31. The molecule has 0 spiro atoms. The summed E-state index contributed by atoms with van der Waals surface area (Å²) < 4.78 is 0. The minimum atomic E-state index is 0.725. The van der Waals surface area contributed by atoms with Gasteiger partial charge in [-0.15, -0.1) is 0 Å². The Kier molecular flexibility index (Phi) is 3.01. The van der Waals surface area contributed by atoms with E-state index in [0.29, 0.717) is 0 Å². The smallest absolute Gasteiger partial charge is 0.0457 e. The van der Waals surface area contributed by atoms with Crippen LogP contribution in [0.2, 0.25) is 5.02 Å². The highest BCUT2D eigenvalue weighted by Crippen LogP contribution is 2.24. The number of fused-ring (bicyclic) bond motifs is 1. The molecule has 0 saturated heterocycles. The summed E-state index contributed by atoms with van der Waals surface area (Å²) in [5, 5.41) is 2.08. The Bertz CT molecular complexity index is 459. The SMILES string of the molecule is CCC(C)Cc1c[nH]c2ccc(Cl)cc12. The second-order valence-electron chi connectivity index (χ2n) is 4.22. The molecular formula is C13H16ClN. The van der Waals surface area contributed by atoms with Crippen LogP contribution in [0.5, 0.6) is 0 Å². The van der Waals surface area contributed by atoms with Crippen LogP contribution in [0.15, 0.2) is 24.4 Å². The molecule has 0 bridgehead atoms. The third kappa shape index (κ3) is 2.18. The van der Waals surface area contributed by atoms with Crippen molar-refractivity contribution in [2.45, 2.75) is 26.7 Å². The summed E-state index contributed by atoms with van der Waals surface area (Å²) in [4.78, 5) is 3.29. The fourth-order valence-corrected chi connectivity index (χ4v) is 2.01. The lowest BCUT2D eigenvalue weighted by Gasteiger charge is -2.06. The zero-order valence-corrected chi connectivity index (χ0v) is 9.93. The van der Waals surface area contributed by atoms with E-state index < -0.39 is 0 Å². The monoisotopic (exact) mass is 221 g/mol. The van der Waals surface area contributed by atoms with Gasteiger partial charge in [0.2, 0.25) is 0 Å². The summed E-state index contributed by atoms with van der Waals surface area (Å²) in [5.41, 5.74) is 2.56. The lowest BCUT2D eigenvalue weighted by molar-refractivity contribution is 0.562. The Morgan fingerprint density at radius 3 is 2.93 bits per heavy atom. The summed E-state index contributed by atoms with van der Waals surface area (Å²) in [6.45, 7) is 4.51. The van der Waals surface area contributed by atoms with Crippen LogP contribution in [0.25, 0.3) is 10.9 Å². The average molecular weight is 222 g/mol. The molecule has 0 aliphatic rings. The lowest BCUT2D eigenvalue weighted by atomic mass is 9.99. The summed E-state index contributed by atoms with van der Waals surface area (Å²) in [6.07, 6.45) is 4.44. The molecule has 80 valence electrons. The molecule has 0 amide bonds. The Balaban J connectivity index is 2.39. The van der Waals surface area contributed by atoms with E-state index in [0.717, 1.165) is 17.4 Å². The number of halogens is 1. The minimum absolute atomic E-state index is 0.725. The van der Waals surface area contributed by atoms with Gasteiger partial charge in [-0.2, -0.15) is 0 Å². The molecule has 0 radical (unpaired) electrons. The van der Waals surface area contributed by atoms with Crippen molar-refractivity contribution in [2.75, 3.05) is 0 Å². The van der Waals surface area contributed by atoms with Crippen molar-refractivity contribution in [3.05, 3.63) is 35.0 Å². The zero-order chi connectivity index (χ0) is 10.8. The third-order valence-corrected chi connectivity index (χ3v) is 3.23. The first kappa shape index (κ1) is 10.6. The quantitative estimate of drug-likeness (QED) is 0.790. The van der Waals surface area contributed by atoms with Crippen molar-refractivity contribution >= 4 is 22.5 Å². The molecule has 15 heavy (non-hydrogen) atoms. The van der Waals surface area contributed by atoms with E-state index in [9.17, 15) is 0 Å². The van der Waals surface area contributed by atoms with Gasteiger partial charge in [0, 0.05) is 22.1 Å². The number of benzene rings is 1. The summed E-state index contributed by atoms with van der Waals surface area (Å²) in [6, 6.07) is 6.01. The second-order valence-corrected chi connectivity index (χ2v) is 4.66. The Labute approximate surface area is 95.5 Å². The first-order valence-electron chi connectivity index (χ1n) is 5.46. The standard InChI is InChI=1S/C13H16ClN/c1-3-9(2)6-10-8-15-13-5-4-11(14)7-12(10)13/h4-5,7-9,15H,3,6H2,1-2H3. The Hall–Kier alpha value is -0.950. The highest BCUT2D eigenvalue weighted by Gasteiger charge is 2.07. The molecule has 1 aromatic heterocycles. The van der Waals surface area contributed by atoms with Crippen LogP contribution in [0, 0.1) is 5.92 Å². The predicted octanol–water partition coefficient (Wildman–Crippen LogP) is 4.41. The van der Waals surface area contributed by atoms with Crippen molar-refractivity contribution in [1.29, 1.82) is 0 Å². The molecule has 1 unspecified atom stereocenters. The summed E-state index contributed by atoms with van der Waals surface area (Å²) in [5.74, 6) is 0.725. The number of aromatic nitrogens is 1. The van der Waals surface area contributed by atoms with Gasteiger partial charge in [0.1, 0.15) is 0 Å². The van der Waals surface area contributed by atoms with E-state index in [1.165, 1.54) is 22.9 Å². The van der Waals surface area contributed by atoms with Crippen molar-refractivity contribution in [2.24, 2.45) is 5.92 Å². The first-order valence-corrected chi connectivity index (χ1v) is 5.84. The molecule has 1 atom stereocenters. The van der Waals surface area contributed by atoms with Gasteiger partial charge in [0.25, 0.3) is 0 Å². The largest absolute Gasteiger partial charge is 0.361 e. The molecule has 0 aliphatic heterocycles. The number of aromatic amines is 1. The van der Waals surface area contributed by atoms with E-state index in [4.69, 9.17) is 11.6 Å². The van der Waals surface area contributed by atoms with Crippen LogP contribution >= 0.6 is 11.6 Å². The molecule has 1 nitrogen and oxygen atoms in total. The Morgan fingerprint density at radius 2 is 2.20 bits per heavy atom. The summed E-state index contributed by atoms with van der Waals surface area (Å²) >= 11 is 6.00. The van der Waals surface area contributed by atoms with E-state index in [1.54, 1.807) is 0 Å².